The van der Waals surface area contributed by atoms with E-state index in [-0.39, 0.29) is 4.90 Å². The fourth-order valence-corrected chi connectivity index (χ4v) is 4.82. The number of hydrogen-bond donors (Lipinski definition) is 1. The SMILES string of the molecule is CCN(CC)S(=O)(=O)c1ccc(N/N=C/c2c(C)nn(-c3cccc(Cl)c3)c2Cl)nc1. The molecule has 0 bridgehead atoms. The third-order valence-electron chi connectivity index (χ3n) is 4.55. The second kappa shape index (κ2) is 9.78. The molecule has 3 aromatic rings. The summed E-state index contributed by atoms with van der Waals surface area (Å²) in [5.41, 5.74) is 4.83. The first kappa shape index (κ1) is 23.2. The van der Waals surface area contributed by atoms with Gasteiger partial charge in [-0.15, -0.1) is 0 Å². The van der Waals surface area contributed by atoms with E-state index in [9.17, 15) is 8.42 Å². The normalized spacial score (nSPS) is 12.1. The molecule has 0 aliphatic rings. The van der Waals surface area contributed by atoms with Gasteiger partial charge in [0, 0.05) is 24.3 Å². The Kier molecular flexibility index (Phi) is 7.32. The van der Waals surface area contributed by atoms with E-state index in [4.69, 9.17) is 23.2 Å². The summed E-state index contributed by atoms with van der Waals surface area (Å²) < 4.78 is 28.0. The van der Waals surface area contributed by atoms with Crippen LogP contribution in [0.25, 0.3) is 5.69 Å². The van der Waals surface area contributed by atoms with E-state index in [1.165, 1.54) is 22.8 Å². The molecule has 2 heterocycles. The van der Waals surface area contributed by atoms with Crippen LogP contribution in [0.1, 0.15) is 25.1 Å². The highest BCUT2D eigenvalue weighted by molar-refractivity contribution is 7.89. The van der Waals surface area contributed by atoms with Crippen LogP contribution in [0.4, 0.5) is 5.82 Å². The highest BCUT2D eigenvalue weighted by Crippen LogP contribution is 2.24. The predicted octanol–water partition coefficient (Wildman–Crippen LogP) is 4.36. The first-order valence-electron chi connectivity index (χ1n) is 9.54. The van der Waals surface area contributed by atoms with Crippen LogP contribution < -0.4 is 5.43 Å². The number of hydrogen-bond acceptors (Lipinski definition) is 6. The van der Waals surface area contributed by atoms with Crippen molar-refractivity contribution in [3.63, 3.8) is 0 Å². The van der Waals surface area contributed by atoms with Crippen molar-refractivity contribution in [1.29, 1.82) is 0 Å². The van der Waals surface area contributed by atoms with Crippen LogP contribution in [0.15, 0.2) is 52.6 Å². The second-order valence-corrected chi connectivity index (χ2v) is 9.25. The van der Waals surface area contributed by atoms with E-state index in [0.717, 1.165) is 5.69 Å². The zero-order valence-corrected chi connectivity index (χ0v) is 19.6. The van der Waals surface area contributed by atoms with Gasteiger partial charge in [0.1, 0.15) is 15.9 Å². The number of nitrogens with zero attached hydrogens (tertiary/aromatic N) is 5. The Hall–Kier alpha value is -2.46. The first-order chi connectivity index (χ1) is 14.8. The number of pyridine rings is 1. The molecule has 0 aliphatic heterocycles. The molecule has 1 N–H and O–H groups in total. The Morgan fingerprint density at radius 2 is 1.94 bits per heavy atom. The second-order valence-electron chi connectivity index (χ2n) is 6.52. The summed E-state index contributed by atoms with van der Waals surface area (Å²) in [6, 6.07) is 10.2. The zero-order chi connectivity index (χ0) is 22.6. The van der Waals surface area contributed by atoms with Gasteiger partial charge in [0.2, 0.25) is 10.0 Å². The lowest BCUT2D eigenvalue weighted by molar-refractivity contribution is 0.445. The molecule has 0 saturated carbocycles. The molecule has 0 amide bonds. The number of hydrazone groups is 1. The maximum Gasteiger partial charge on any atom is 0.244 e. The minimum absolute atomic E-state index is 0.132. The van der Waals surface area contributed by atoms with Gasteiger partial charge in [-0.25, -0.2) is 18.1 Å². The van der Waals surface area contributed by atoms with Crippen molar-refractivity contribution >= 4 is 45.3 Å². The number of nitrogens with one attached hydrogen (secondary N) is 1. The third kappa shape index (κ3) is 5.07. The molecule has 11 heteroatoms. The van der Waals surface area contributed by atoms with Gasteiger partial charge in [-0.3, -0.25) is 5.43 Å². The lowest BCUT2D eigenvalue weighted by Crippen LogP contribution is -2.30. The van der Waals surface area contributed by atoms with Crippen molar-refractivity contribution in [2.75, 3.05) is 18.5 Å². The lowest BCUT2D eigenvalue weighted by atomic mass is 10.3. The molecule has 8 nitrogen and oxygen atoms in total. The van der Waals surface area contributed by atoms with E-state index in [2.05, 4.69) is 20.6 Å². The van der Waals surface area contributed by atoms with Crippen molar-refractivity contribution in [3.8, 4) is 5.69 Å². The standard InChI is InChI=1S/C20H22Cl2N6O2S/c1-4-27(5-2)31(29,30)17-9-10-19(23-12-17)25-24-13-18-14(3)26-28(20(18)22)16-8-6-7-15(21)11-16/h6-13H,4-5H2,1-3H3,(H,23,25)/b24-13+. The number of anilines is 1. The Morgan fingerprint density at radius 1 is 1.19 bits per heavy atom. The Morgan fingerprint density at radius 3 is 2.55 bits per heavy atom. The van der Waals surface area contributed by atoms with Gasteiger partial charge in [0.15, 0.2) is 0 Å². The van der Waals surface area contributed by atoms with E-state index < -0.39 is 10.0 Å². The van der Waals surface area contributed by atoms with Gasteiger partial charge >= 0.3 is 0 Å². The Labute approximate surface area is 191 Å². The number of rotatable bonds is 8. The molecule has 0 saturated heterocycles. The molecule has 0 radical (unpaired) electrons. The number of aromatic nitrogens is 3. The number of benzene rings is 1. The van der Waals surface area contributed by atoms with Gasteiger partial charge in [-0.1, -0.05) is 43.1 Å². The van der Waals surface area contributed by atoms with E-state index >= 15 is 0 Å². The van der Waals surface area contributed by atoms with Gasteiger partial charge in [0.25, 0.3) is 0 Å². The molecule has 0 spiro atoms. The molecule has 164 valence electrons. The summed E-state index contributed by atoms with van der Waals surface area (Å²) in [5, 5.41) is 9.56. The van der Waals surface area contributed by atoms with Crippen molar-refractivity contribution in [2.45, 2.75) is 25.7 Å². The van der Waals surface area contributed by atoms with Crippen molar-refractivity contribution in [3.05, 3.63) is 64.0 Å². The zero-order valence-electron chi connectivity index (χ0n) is 17.2. The molecule has 31 heavy (non-hydrogen) atoms. The van der Waals surface area contributed by atoms with E-state index in [1.54, 1.807) is 36.7 Å². The van der Waals surface area contributed by atoms with Crippen LogP contribution in [0.5, 0.6) is 0 Å². The van der Waals surface area contributed by atoms with Gasteiger partial charge in [0.05, 0.1) is 23.2 Å². The van der Waals surface area contributed by atoms with Crippen LogP contribution in [-0.4, -0.2) is 46.8 Å². The lowest BCUT2D eigenvalue weighted by Gasteiger charge is -2.18. The number of aryl methyl sites for hydroxylation is 1. The fourth-order valence-electron chi connectivity index (χ4n) is 2.91. The Balaban J connectivity index is 1.76. The van der Waals surface area contributed by atoms with Crippen LogP contribution in [0.2, 0.25) is 10.2 Å². The predicted molar refractivity (Wildman–Crippen MR) is 124 cm³/mol. The summed E-state index contributed by atoms with van der Waals surface area (Å²) >= 11 is 12.5. The molecular weight excluding hydrogens is 459 g/mol. The third-order valence-corrected chi connectivity index (χ3v) is 7.19. The maximum absolute atomic E-state index is 12.5. The molecule has 0 unspecified atom stereocenters. The average molecular weight is 481 g/mol. The smallest absolute Gasteiger partial charge is 0.244 e. The van der Waals surface area contributed by atoms with Crippen molar-refractivity contribution in [1.82, 2.24) is 19.1 Å². The van der Waals surface area contributed by atoms with Crippen LogP contribution in [0.3, 0.4) is 0 Å². The molecule has 0 aliphatic carbocycles. The largest absolute Gasteiger partial charge is 0.261 e. The van der Waals surface area contributed by atoms with Crippen molar-refractivity contribution in [2.24, 2.45) is 5.10 Å². The maximum atomic E-state index is 12.5. The first-order valence-corrected chi connectivity index (χ1v) is 11.7. The van der Waals surface area contributed by atoms with Crippen LogP contribution in [0, 0.1) is 6.92 Å². The minimum atomic E-state index is -3.55. The summed E-state index contributed by atoms with van der Waals surface area (Å²) in [7, 11) is -3.55. The minimum Gasteiger partial charge on any atom is -0.261 e. The topological polar surface area (TPSA) is 92.5 Å². The van der Waals surface area contributed by atoms with Gasteiger partial charge in [-0.05, 0) is 37.3 Å². The monoisotopic (exact) mass is 480 g/mol. The average Bonchev–Trinajstić information content (AvgIpc) is 3.03. The van der Waals surface area contributed by atoms with Gasteiger partial charge < -0.3 is 0 Å². The van der Waals surface area contributed by atoms with E-state index in [0.29, 0.717) is 40.3 Å². The molecule has 0 fully saturated rings. The fraction of sp³-hybridized carbons (Fsp3) is 0.250. The Bertz CT molecular complexity index is 1190. The summed E-state index contributed by atoms with van der Waals surface area (Å²) in [5.74, 6) is 0.394. The quantitative estimate of drug-likeness (QED) is 0.381. The van der Waals surface area contributed by atoms with Crippen LogP contribution >= 0.6 is 23.2 Å². The molecule has 2 aromatic heterocycles. The number of halogens is 2. The summed E-state index contributed by atoms with van der Waals surface area (Å²) in [4.78, 5) is 4.27. The van der Waals surface area contributed by atoms with Crippen molar-refractivity contribution < 1.29 is 8.42 Å². The van der Waals surface area contributed by atoms with Gasteiger partial charge in [-0.2, -0.15) is 14.5 Å². The molecule has 3 rings (SSSR count). The molecule has 1 aromatic carbocycles. The van der Waals surface area contributed by atoms with E-state index in [1.807, 2.05) is 19.1 Å². The summed E-state index contributed by atoms with van der Waals surface area (Å²) in [6.07, 6.45) is 2.84. The summed E-state index contributed by atoms with van der Waals surface area (Å²) in [6.45, 7) is 6.19. The molecule has 0 atom stereocenters. The highest BCUT2D eigenvalue weighted by Gasteiger charge is 2.21. The number of sulfonamides is 1. The highest BCUT2D eigenvalue weighted by atomic mass is 35.5. The van der Waals surface area contributed by atoms with Crippen LogP contribution in [-0.2, 0) is 10.0 Å². The molecular formula is C20H22Cl2N6O2S.